The van der Waals surface area contributed by atoms with E-state index in [0.717, 1.165) is 16.5 Å². The number of urea groups is 1. The van der Waals surface area contributed by atoms with Crippen LogP contribution in [-0.4, -0.2) is 36.5 Å². The van der Waals surface area contributed by atoms with Crippen molar-refractivity contribution in [1.82, 2.24) is 9.88 Å². The number of anilines is 1. The number of fused-ring (bicyclic) bond motifs is 1. The van der Waals surface area contributed by atoms with Crippen LogP contribution in [0.4, 0.5) is 10.5 Å². The largest absolute Gasteiger partial charge is 0.497 e. The number of rotatable bonds is 6. The summed E-state index contributed by atoms with van der Waals surface area (Å²) in [6, 6.07) is 12.5. The quantitative estimate of drug-likeness (QED) is 0.623. The monoisotopic (exact) mass is 369 g/mol. The SMILES string of the molecule is COc1ccc(NC(=O)NCC(O)c2cn(C)c3ccccc23)c(OC)c1. The average molecular weight is 369 g/mol. The molecule has 0 radical (unpaired) electrons. The minimum absolute atomic E-state index is 0.0817. The third kappa shape index (κ3) is 3.98. The number of benzene rings is 2. The van der Waals surface area contributed by atoms with Crippen molar-refractivity contribution in [3.05, 3.63) is 54.2 Å². The average Bonchev–Trinajstić information content (AvgIpc) is 3.03. The fraction of sp³-hybridized carbons (Fsp3) is 0.250. The summed E-state index contributed by atoms with van der Waals surface area (Å²) in [5, 5.41) is 16.9. The molecule has 27 heavy (non-hydrogen) atoms. The number of nitrogens with one attached hydrogen (secondary N) is 2. The van der Waals surface area contributed by atoms with E-state index in [-0.39, 0.29) is 6.54 Å². The van der Waals surface area contributed by atoms with Gasteiger partial charge in [0.2, 0.25) is 0 Å². The van der Waals surface area contributed by atoms with E-state index < -0.39 is 12.1 Å². The summed E-state index contributed by atoms with van der Waals surface area (Å²) in [4.78, 5) is 12.2. The van der Waals surface area contributed by atoms with Crippen LogP contribution in [0.2, 0.25) is 0 Å². The third-order valence-electron chi connectivity index (χ3n) is 4.40. The molecule has 1 aromatic heterocycles. The highest BCUT2D eigenvalue weighted by Crippen LogP contribution is 2.29. The highest BCUT2D eigenvalue weighted by atomic mass is 16.5. The number of hydrogen-bond acceptors (Lipinski definition) is 4. The fourth-order valence-corrected chi connectivity index (χ4v) is 3.01. The van der Waals surface area contributed by atoms with Gasteiger partial charge in [-0.15, -0.1) is 0 Å². The standard InChI is InChI=1S/C20H23N3O4/c1-23-12-15(14-6-4-5-7-17(14)23)18(24)11-21-20(25)22-16-9-8-13(26-2)10-19(16)27-3/h4-10,12,18,24H,11H2,1-3H3,(H2,21,22,25). The topological polar surface area (TPSA) is 84.8 Å². The van der Waals surface area contributed by atoms with Gasteiger partial charge in [0, 0.05) is 42.3 Å². The van der Waals surface area contributed by atoms with Crippen molar-refractivity contribution in [1.29, 1.82) is 0 Å². The van der Waals surface area contributed by atoms with E-state index in [4.69, 9.17) is 9.47 Å². The maximum atomic E-state index is 12.2. The first kappa shape index (κ1) is 18.6. The zero-order valence-electron chi connectivity index (χ0n) is 15.5. The summed E-state index contributed by atoms with van der Waals surface area (Å²) in [7, 11) is 5.00. The molecule has 1 unspecified atom stereocenters. The Kier molecular flexibility index (Phi) is 5.52. The first-order valence-corrected chi connectivity index (χ1v) is 8.52. The molecule has 2 amide bonds. The number of methoxy groups -OCH3 is 2. The molecule has 1 heterocycles. The zero-order chi connectivity index (χ0) is 19.4. The van der Waals surface area contributed by atoms with Crippen molar-refractivity contribution in [3.63, 3.8) is 0 Å². The minimum Gasteiger partial charge on any atom is -0.497 e. The second kappa shape index (κ2) is 8.01. The number of para-hydroxylation sites is 1. The van der Waals surface area contributed by atoms with Crippen LogP contribution in [0.25, 0.3) is 10.9 Å². The molecular weight excluding hydrogens is 346 g/mol. The molecule has 2 aromatic carbocycles. The fourth-order valence-electron chi connectivity index (χ4n) is 3.01. The Bertz CT molecular complexity index is 952. The van der Waals surface area contributed by atoms with E-state index in [1.54, 1.807) is 25.3 Å². The normalized spacial score (nSPS) is 11.9. The lowest BCUT2D eigenvalue weighted by molar-refractivity contribution is 0.176. The van der Waals surface area contributed by atoms with Gasteiger partial charge in [-0.25, -0.2) is 4.79 Å². The second-order valence-corrected chi connectivity index (χ2v) is 6.13. The summed E-state index contributed by atoms with van der Waals surface area (Å²) in [5.41, 5.74) is 2.31. The van der Waals surface area contributed by atoms with Crippen molar-refractivity contribution in [2.24, 2.45) is 7.05 Å². The smallest absolute Gasteiger partial charge is 0.319 e. The Hall–Kier alpha value is -3.19. The summed E-state index contributed by atoms with van der Waals surface area (Å²) < 4.78 is 12.4. The first-order valence-electron chi connectivity index (χ1n) is 8.52. The number of carbonyl (C=O) groups excluding carboxylic acids is 1. The maximum absolute atomic E-state index is 12.2. The third-order valence-corrected chi connectivity index (χ3v) is 4.40. The van der Waals surface area contributed by atoms with Gasteiger partial charge in [0.15, 0.2) is 0 Å². The van der Waals surface area contributed by atoms with Gasteiger partial charge in [0.25, 0.3) is 0 Å². The van der Waals surface area contributed by atoms with Gasteiger partial charge in [-0.2, -0.15) is 0 Å². The Morgan fingerprint density at radius 2 is 1.96 bits per heavy atom. The number of aromatic nitrogens is 1. The lowest BCUT2D eigenvalue weighted by Crippen LogP contribution is -2.32. The highest BCUT2D eigenvalue weighted by Gasteiger charge is 2.16. The number of aliphatic hydroxyl groups excluding tert-OH is 1. The summed E-state index contributed by atoms with van der Waals surface area (Å²) in [6.07, 6.45) is 1.06. The van der Waals surface area contributed by atoms with Crippen molar-refractivity contribution >= 4 is 22.6 Å². The van der Waals surface area contributed by atoms with Gasteiger partial charge in [-0.1, -0.05) is 18.2 Å². The summed E-state index contributed by atoms with van der Waals surface area (Å²) in [5.74, 6) is 1.11. The Morgan fingerprint density at radius 3 is 2.70 bits per heavy atom. The van der Waals surface area contributed by atoms with Gasteiger partial charge < -0.3 is 29.8 Å². The second-order valence-electron chi connectivity index (χ2n) is 6.13. The predicted octanol–water partition coefficient (Wildman–Crippen LogP) is 3.05. The number of amides is 2. The first-order chi connectivity index (χ1) is 13.0. The Labute approximate surface area is 157 Å². The number of ether oxygens (including phenoxy) is 2. The molecule has 0 bridgehead atoms. The molecule has 0 aliphatic carbocycles. The molecule has 1 atom stereocenters. The molecule has 7 heteroatoms. The molecule has 0 saturated heterocycles. The van der Waals surface area contributed by atoms with Crippen LogP contribution in [0.3, 0.4) is 0 Å². The van der Waals surface area contributed by atoms with Crippen LogP contribution in [0.5, 0.6) is 11.5 Å². The molecule has 0 fully saturated rings. The van der Waals surface area contributed by atoms with E-state index in [1.165, 1.54) is 7.11 Å². The summed E-state index contributed by atoms with van der Waals surface area (Å²) >= 11 is 0. The molecule has 0 aliphatic rings. The van der Waals surface area contributed by atoms with Crippen molar-refractivity contribution < 1.29 is 19.4 Å². The summed E-state index contributed by atoms with van der Waals surface area (Å²) in [6.45, 7) is 0.0817. The van der Waals surface area contributed by atoms with E-state index in [9.17, 15) is 9.90 Å². The van der Waals surface area contributed by atoms with Crippen LogP contribution in [0, 0.1) is 0 Å². The van der Waals surface area contributed by atoms with Crippen molar-refractivity contribution in [2.45, 2.75) is 6.10 Å². The number of nitrogens with zero attached hydrogens (tertiary/aromatic N) is 1. The van der Waals surface area contributed by atoms with Crippen LogP contribution in [-0.2, 0) is 7.05 Å². The maximum Gasteiger partial charge on any atom is 0.319 e. The van der Waals surface area contributed by atoms with Crippen LogP contribution >= 0.6 is 0 Å². The van der Waals surface area contributed by atoms with Gasteiger partial charge in [0.05, 0.1) is 26.0 Å². The zero-order valence-corrected chi connectivity index (χ0v) is 15.5. The Balaban J connectivity index is 1.65. The number of carbonyl (C=O) groups is 1. The van der Waals surface area contributed by atoms with Crippen molar-refractivity contribution in [3.8, 4) is 11.5 Å². The molecule has 142 valence electrons. The number of aryl methyl sites for hydroxylation is 1. The molecule has 0 aliphatic heterocycles. The predicted molar refractivity (Wildman–Crippen MR) is 104 cm³/mol. The molecule has 7 nitrogen and oxygen atoms in total. The minimum atomic E-state index is -0.820. The molecule has 3 N–H and O–H groups in total. The van der Waals surface area contributed by atoms with E-state index in [1.807, 2.05) is 42.1 Å². The van der Waals surface area contributed by atoms with Crippen molar-refractivity contribution in [2.75, 3.05) is 26.1 Å². The van der Waals surface area contributed by atoms with E-state index in [0.29, 0.717) is 17.2 Å². The Morgan fingerprint density at radius 1 is 1.19 bits per heavy atom. The lowest BCUT2D eigenvalue weighted by atomic mass is 10.1. The highest BCUT2D eigenvalue weighted by molar-refractivity contribution is 5.91. The molecule has 3 rings (SSSR count). The van der Waals surface area contributed by atoms with E-state index in [2.05, 4.69) is 10.6 Å². The number of hydrogen-bond donors (Lipinski definition) is 3. The van der Waals surface area contributed by atoms with Gasteiger partial charge in [-0.3, -0.25) is 0 Å². The molecule has 3 aromatic rings. The van der Waals surface area contributed by atoms with Crippen LogP contribution in [0.1, 0.15) is 11.7 Å². The molecular formula is C20H23N3O4. The van der Waals surface area contributed by atoms with Gasteiger partial charge >= 0.3 is 6.03 Å². The van der Waals surface area contributed by atoms with Gasteiger partial charge in [-0.05, 0) is 18.2 Å². The lowest BCUT2D eigenvalue weighted by Gasteiger charge is -2.14. The molecule has 0 saturated carbocycles. The van der Waals surface area contributed by atoms with Gasteiger partial charge in [0.1, 0.15) is 11.5 Å². The molecule has 0 spiro atoms. The van der Waals surface area contributed by atoms with Crippen LogP contribution < -0.4 is 20.1 Å². The van der Waals surface area contributed by atoms with Crippen LogP contribution in [0.15, 0.2) is 48.7 Å². The number of aliphatic hydroxyl groups is 1. The van der Waals surface area contributed by atoms with E-state index >= 15 is 0 Å².